The van der Waals surface area contributed by atoms with Crippen LogP contribution in [0, 0.1) is 59.0 Å². The predicted octanol–water partition coefficient (Wildman–Crippen LogP) is 8.19. The second kappa shape index (κ2) is 21.5. The molecule has 0 aromatic heterocycles. The Kier molecular flexibility index (Phi) is 15.9. The van der Waals surface area contributed by atoms with Crippen molar-refractivity contribution >= 4 is 23.7 Å². The number of aliphatic imine (C=N–C) groups is 1. The molecule has 2 aromatic carbocycles. The molecule has 0 amide bonds. The summed E-state index contributed by atoms with van der Waals surface area (Å²) in [6.07, 6.45) is 20.2. The van der Waals surface area contributed by atoms with Crippen LogP contribution in [0.15, 0.2) is 47.5 Å². The molecule has 350 valence electrons. The van der Waals surface area contributed by atoms with Crippen LogP contribution >= 0.6 is 0 Å². The number of aldehydes is 1. The number of aliphatic hydroxyl groups excluding tert-OH is 1. The first-order valence-corrected chi connectivity index (χ1v) is 23.9. The minimum absolute atomic E-state index is 0.00497. The monoisotopic (exact) mass is 891 g/mol. The second-order valence-electron chi connectivity index (χ2n) is 19.3. The molecule has 5 aliphatic rings. The maximum Gasteiger partial charge on any atom is 0.207 e. The molecule has 3 saturated carbocycles. The van der Waals surface area contributed by atoms with Crippen LogP contribution in [0.2, 0.25) is 0 Å². The normalized spacial score (nSPS) is 28.5. The van der Waals surface area contributed by atoms with Gasteiger partial charge >= 0.3 is 0 Å². The number of fused-ring (bicyclic) bond motifs is 8. The fraction of sp³-hybridized carbons (Fsp3) is 0.604. The second-order valence-corrected chi connectivity index (χ2v) is 19.3. The van der Waals surface area contributed by atoms with E-state index in [0.717, 1.165) is 88.0 Å². The molecule has 8 atom stereocenters. The molecule has 65 heavy (non-hydrogen) atoms. The lowest BCUT2D eigenvalue weighted by Crippen LogP contribution is -2.43. The molecule has 12 nitrogen and oxygen atoms in total. The predicted molar refractivity (Wildman–Crippen MR) is 253 cm³/mol. The van der Waals surface area contributed by atoms with E-state index < -0.39 is 17.3 Å². The Balaban J connectivity index is 1.39. The summed E-state index contributed by atoms with van der Waals surface area (Å²) in [5.41, 5.74) is 0.933. The first kappa shape index (κ1) is 47.9. The van der Waals surface area contributed by atoms with E-state index in [-0.39, 0.29) is 46.5 Å². The summed E-state index contributed by atoms with van der Waals surface area (Å²) in [5.74, 6) is 9.14. The molecule has 2 heterocycles. The van der Waals surface area contributed by atoms with Gasteiger partial charge in [0.25, 0.3) is 0 Å². The Bertz CT molecular complexity index is 2200. The van der Waals surface area contributed by atoms with Crippen molar-refractivity contribution in [3.05, 3.63) is 53.6 Å². The van der Waals surface area contributed by atoms with E-state index >= 15 is 4.79 Å². The maximum atomic E-state index is 15.3. The number of ketones is 1. The van der Waals surface area contributed by atoms with Crippen molar-refractivity contribution in [3.63, 3.8) is 0 Å². The third-order valence-electron chi connectivity index (χ3n) is 15.6. The lowest BCUT2D eigenvalue weighted by Gasteiger charge is -2.39. The van der Waals surface area contributed by atoms with E-state index in [9.17, 15) is 15.0 Å². The number of methoxy groups -OCH3 is 2. The van der Waals surface area contributed by atoms with Gasteiger partial charge in [-0.1, -0.05) is 56.6 Å². The molecule has 4 bridgehead atoms. The number of likely N-dealkylation sites (N-methyl/N-ethyl adjacent to an activating group) is 1. The number of phenols is 1. The van der Waals surface area contributed by atoms with Crippen LogP contribution in [0.3, 0.4) is 0 Å². The van der Waals surface area contributed by atoms with Gasteiger partial charge in [-0.05, 0) is 136 Å². The Hall–Kier alpha value is -5.01. The lowest BCUT2D eigenvalue weighted by atomic mass is 9.65. The molecule has 0 saturated heterocycles. The van der Waals surface area contributed by atoms with Gasteiger partial charge in [0, 0.05) is 63.3 Å². The van der Waals surface area contributed by atoms with E-state index in [4.69, 9.17) is 18.9 Å². The van der Waals surface area contributed by atoms with Crippen molar-refractivity contribution in [2.45, 2.75) is 133 Å². The summed E-state index contributed by atoms with van der Waals surface area (Å²) in [6, 6.07) is 12.9. The number of carbonyl (C=O) groups excluding carboxylic acids is 2. The molecule has 1 spiro atoms. The van der Waals surface area contributed by atoms with Gasteiger partial charge in [0.15, 0.2) is 29.3 Å². The number of nitrogens with one attached hydrogen (secondary N) is 3. The highest BCUT2D eigenvalue weighted by Gasteiger charge is 2.50. The molecular weight excluding hydrogens is 821 g/mol. The first-order chi connectivity index (χ1) is 31.5. The number of ether oxygens (including phenoxy) is 4. The number of phenolic OH excluding ortho intramolecular Hbond substituents is 1. The molecule has 2 aliphatic heterocycles. The number of anilines is 1. The quantitative estimate of drug-likeness (QED) is 0.0707. The van der Waals surface area contributed by atoms with Crippen LogP contribution < -0.4 is 30.2 Å². The highest BCUT2D eigenvalue weighted by atomic mass is 16.6. The van der Waals surface area contributed by atoms with E-state index in [1.54, 1.807) is 20.2 Å². The topological polar surface area (TPSA) is 160 Å². The zero-order valence-electron chi connectivity index (χ0n) is 39.1. The zero-order chi connectivity index (χ0) is 46.0. The Morgan fingerprint density at radius 1 is 1.09 bits per heavy atom. The van der Waals surface area contributed by atoms with Crippen molar-refractivity contribution in [2.24, 2.45) is 40.0 Å². The smallest absolute Gasteiger partial charge is 0.207 e. The van der Waals surface area contributed by atoms with Crippen LogP contribution in [0.25, 0.3) is 0 Å². The number of benzene rings is 2. The first-order valence-electron chi connectivity index (χ1n) is 23.9. The van der Waals surface area contributed by atoms with Crippen LogP contribution in [-0.4, -0.2) is 75.0 Å². The molecule has 7 rings (SSSR count). The third kappa shape index (κ3) is 10.5. The molecule has 8 unspecified atom stereocenters. The summed E-state index contributed by atoms with van der Waals surface area (Å²) >= 11 is 0. The summed E-state index contributed by atoms with van der Waals surface area (Å²) in [4.78, 5) is 31.8. The number of aliphatic hydroxyl groups is 1. The molecule has 2 aromatic rings. The van der Waals surface area contributed by atoms with E-state index in [1.165, 1.54) is 7.11 Å². The standard InChI is InChI=1S/C53H70N4O8/c1-6-36(21-26-58)15-17-41-18-20-47(60)53(32-37-16-19-44(59)45(28-37)62-4)24-9-13-40(53)14-10-25-56-50(55-3)57-43-30-42(52(41)22-7-8-23-52)31-46-49(43)64-27-11-12-38-33-51(65-46,35-54-2)34-39(38)29-48(61)63-5/h16,18-20,26,28,30-31,36,38-41,48,54,59,61H,6-9,12-15,17,21-24,29,32-35H2,1-5H3,(H2,55,56,57). The molecule has 3 fully saturated rings. The van der Waals surface area contributed by atoms with Gasteiger partial charge in [-0.2, -0.15) is 0 Å². The maximum absolute atomic E-state index is 15.3. The molecule has 3 aliphatic carbocycles. The largest absolute Gasteiger partial charge is 0.504 e. The van der Waals surface area contributed by atoms with Gasteiger partial charge in [0.05, 0.1) is 12.8 Å². The van der Waals surface area contributed by atoms with E-state index in [1.807, 2.05) is 25.3 Å². The number of rotatable bonds is 14. The van der Waals surface area contributed by atoms with Gasteiger partial charge in [0.1, 0.15) is 18.0 Å². The minimum Gasteiger partial charge on any atom is -0.504 e. The number of carbonyl (C=O) groups is 2. The molecule has 5 N–H and O–H groups in total. The Morgan fingerprint density at radius 2 is 1.92 bits per heavy atom. The summed E-state index contributed by atoms with van der Waals surface area (Å²) in [7, 11) is 6.72. The highest BCUT2D eigenvalue weighted by Crippen LogP contribution is 2.55. The fourth-order valence-corrected chi connectivity index (χ4v) is 12.2. The van der Waals surface area contributed by atoms with Gasteiger partial charge in [-0.25, -0.2) is 0 Å². The number of allylic oxidation sites excluding steroid dienone is 2. The Labute approximate surface area is 386 Å². The van der Waals surface area contributed by atoms with Crippen LogP contribution in [0.5, 0.6) is 23.0 Å². The zero-order valence-corrected chi connectivity index (χ0v) is 39.1. The average Bonchev–Trinajstić information content (AvgIpc) is 4.05. The third-order valence-corrected chi connectivity index (χ3v) is 15.6. The minimum atomic E-state index is -0.886. The number of hydrogen-bond acceptors (Lipinski definition) is 10. The van der Waals surface area contributed by atoms with Gasteiger partial charge in [-0.3, -0.25) is 15.1 Å². The van der Waals surface area contributed by atoms with Gasteiger partial charge < -0.3 is 44.6 Å². The summed E-state index contributed by atoms with van der Waals surface area (Å²) in [5, 5.41) is 31.3. The van der Waals surface area contributed by atoms with Crippen LogP contribution in [0.4, 0.5) is 5.69 Å². The van der Waals surface area contributed by atoms with Gasteiger partial charge in [-0.15, -0.1) is 0 Å². The summed E-state index contributed by atoms with van der Waals surface area (Å²) in [6.45, 7) is 2.73. The number of guanidine groups is 1. The lowest BCUT2D eigenvalue weighted by molar-refractivity contribution is -0.125. The molecular formula is C53H70N4O8. The van der Waals surface area contributed by atoms with Crippen molar-refractivity contribution in [1.82, 2.24) is 10.6 Å². The van der Waals surface area contributed by atoms with Crippen molar-refractivity contribution < 1.29 is 38.7 Å². The Morgan fingerprint density at radius 3 is 2.66 bits per heavy atom. The van der Waals surface area contributed by atoms with Crippen LogP contribution in [0.1, 0.15) is 121 Å². The summed E-state index contributed by atoms with van der Waals surface area (Å²) < 4.78 is 24.6. The van der Waals surface area contributed by atoms with Crippen molar-refractivity contribution in [2.75, 3.05) is 40.2 Å². The van der Waals surface area contributed by atoms with Crippen molar-refractivity contribution in [1.29, 1.82) is 0 Å². The molecule has 12 heteroatoms. The van der Waals surface area contributed by atoms with Crippen molar-refractivity contribution in [3.8, 4) is 47.0 Å². The SMILES string of the molecule is CCC(CC=O)CCC1C=CC(=O)C2(Cc3ccc(O)c(OC)c3)CCCC2CC#CNC(=NC)Nc2cc(cc3c2OC#CCC2CC(CNC)(CC2CC(O)OC)O3)C12CCCC2. The van der Waals surface area contributed by atoms with Gasteiger partial charge in [0.2, 0.25) is 11.7 Å². The van der Waals surface area contributed by atoms with Crippen LogP contribution in [-0.2, 0) is 26.2 Å². The number of nitrogens with zero attached hydrogens (tertiary/aromatic N) is 1. The molecule has 0 radical (unpaired) electrons. The average molecular weight is 891 g/mol. The van der Waals surface area contributed by atoms with E-state index in [2.05, 4.69) is 70.1 Å². The fourth-order valence-electron chi connectivity index (χ4n) is 12.2. The number of hydrogen-bond donors (Lipinski definition) is 5. The van der Waals surface area contributed by atoms with E-state index in [0.29, 0.717) is 74.0 Å². The number of aromatic hydroxyl groups is 1. The highest BCUT2D eigenvalue weighted by molar-refractivity contribution is 5.97.